The van der Waals surface area contributed by atoms with Gasteiger partial charge in [0.05, 0.1) is 5.39 Å². The average molecular weight is 304 g/mol. The quantitative estimate of drug-likeness (QED) is 0.741. The molecule has 6 heteroatoms. The maximum absolute atomic E-state index is 10.1. The highest BCUT2D eigenvalue weighted by Gasteiger charge is 2.35. The molecule has 2 aliphatic rings. The predicted molar refractivity (Wildman–Crippen MR) is 84.5 cm³/mol. The van der Waals surface area contributed by atoms with Crippen LogP contribution in [0.4, 0.5) is 5.82 Å². The number of nitrogens with one attached hydrogen (secondary N) is 1. The Balaban J connectivity index is 1.72. The Kier molecular flexibility index (Phi) is 3.13. The van der Waals surface area contributed by atoms with Gasteiger partial charge in [-0.1, -0.05) is 19.3 Å². The summed E-state index contributed by atoms with van der Waals surface area (Å²) in [6, 6.07) is 0.505. The number of aromatic nitrogens is 2. The molecular weight excluding hydrogens is 284 g/mol. The maximum Gasteiger partial charge on any atom is 0.138 e. The second-order valence-corrected chi connectivity index (χ2v) is 7.43. The number of nitrogens with two attached hydrogens (primary N) is 1. The number of hydrogen-bond acceptors (Lipinski definition) is 6. The maximum atomic E-state index is 10.1. The first-order valence-electron chi connectivity index (χ1n) is 7.65. The zero-order chi connectivity index (χ0) is 14.4. The lowest BCUT2D eigenvalue weighted by Gasteiger charge is -2.23. The minimum Gasteiger partial charge on any atom is -0.375 e. The molecule has 112 valence electrons. The van der Waals surface area contributed by atoms with Crippen LogP contribution in [0.1, 0.15) is 42.5 Å². The monoisotopic (exact) mass is 304 g/mol. The van der Waals surface area contributed by atoms with E-state index in [4.69, 9.17) is 5.73 Å². The number of anilines is 1. The Morgan fingerprint density at radius 3 is 2.86 bits per heavy atom. The molecule has 2 heterocycles. The molecule has 1 saturated carbocycles. The Morgan fingerprint density at radius 2 is 2.05 bits per heavy atom. The number of hydrogen-bond donors (Lipinski definition) is 3. The van der Waals surface area contributed by atoms with Gasteiger partial charge in [0.25, 0.3) is 0 Å². The van der Waals surface area contributed by atoms with Crippen LogP contribution in [0.3, 0.4) is 0 Å². The Labute approximate surface area is 127 Å². The summed E-state index contributed by atoms with van der Waals surface area (Å²) in [5.41, 5.74) is 5.93. The summed E-state index contributed by atoms with van der Waals surface area (Å²) in [4.78, 5) is 11.0. The number of fused-ring (bicyclic) bond motifs is 3. The second-order valence-electron chi connectivity index (χ2n) is 6.34. The highest BCUT2D eigenvalue weighted by Crippen LogP contribution is 2.41. The van der Waals surface area contributed by atoms with Gasteiger partial charge >= 0.3 is 0 Å². The molecule has 0 bridgehead atoms. The molecule has 0 aliphatic heterocycles. The lowest BCUT2D eigenvalue weighted by atomic mass is 9.95. The molecule has 2 aromatic rings. The van der Waals surface area contributed by atoms with E-state index in [0.29, 0.717) is 18.9 Å². The smallest absolute Gasteiger partial charge is 0.138 e. The van der Waals surface area contributed by atoms with E-state index in [-0.39, 0.29) is 0 Å². The van der Waals surface area contributed by atoms with Gasteiger partial charge in [0.1, 0.15) is 22.7 Å². The van der Waals surface area contributed by atoms with Crippen molar-refractivity contribution in [2.45, 2.75) is 56.7 Å². The van der Waals surface area contributed by atoms with E-state index in [1.807, 2.05) is 0 Å². The van der Waals surface area contributed by atoms with Gasteiger partial charge in [-0.3, -0.25) is 0 Å². The van der Waals surface area contributed by atoms with Crippen LogP contribution in [-0.4, -0.2) is 26.8 Å². The Morgan fingerprint density at radius 1 is 1.24 bits per heavy atom. The van der Waals surface area contributed by atoms with Crippen molar-refractivity contribution in [1.29, 1.82) is 0 Å². The van der Waals surface area contributed by atoms with Gasteiger partial charge in [-0.15, -0.1) is 11.3 Å². The molecule has 1 atom stereocenters. The summed E-state index contributed by atoms with van der Waals surface area (Å²) in [5.74, 6) is 0.919. The fraction of sp³-hybridized carbons (Fsp3) is 0.600. The second kappa shape index (κ2) is 4.90. The van der Waals surface area contributed by atoms with Crippen molar-refractivity contribution >= 4 is 27.4 Å². The predicted octanol–water partition coefficient (Wildman–Crippen LogP) is 2.18. The van der Waals surface area contributed by atoms with E-state index < -0.39 is 5.72 Å². The van der Waals surface area contributed by atoms with E-state index in [1.165, 1.54) is 32.1 Å². The standard InChI is InChI=1S/C15H20N4OS/c16-15(20)6-10-11(7-15)21-14-12(10)13(17-8-18-14)19-9-4-2-1-3-5-9/h8-9,20H,1-7,16H2,(H,17,18,19). The van der Waals surface area contributed by atoms with Crippen molar-refractivity contribution in [2.24, 2.45) is 5.73 Å². The molecule has 0 aromatic carbocycles. The molecule has 2 aromatic heterocycles. The van der Waals surface area contributed by atoms with Gasteiger partial charge in [0.15, 0.2) is 0 Å². The van der Waals surface area contributed by atoms with E-state index in [2.05, 4.69) is 15.3 Å². The van der Waals surface area contributed by atoms with Crippen LogP contribution < -0.4 is 11.1 Å². The molecule has 0 radical (unpaired) electrons. The van der Waals surface area contributed by atoms with Gasteiger partial charge in [-0.2, -0.15) is 0 Å². The fourth-order valence-electron chi connectivity index (χ4n) is 3.56. The fourth-order valence-corrected chi connectivity index (χ4v) is 4.84. The molecule has 0 spiro atoms. The molecule has 4 N–H and O–H groups in total. The minimum atomic E-state index is -1.10. The van der Waals surface area contributed by atoms with E-state index in [1.54, 1.807) is 17.7 Å². The van der Waals surface area contributed by atoms with E-state index in [0.717, 1.165) is 26.5 Å². The molecule has 0 amide bonds. The minimum absolute atomic E-state index is 0.495. The lowest BCUT2D eigenvalue weighted by molar-refractivity contribution is 0.0591. The number of nitrogens with zero attached hydrogens (tertiary/aromatic N) is 2. The third-order valence-corrected chi connectivity index (χ3v) is 5.71. The van der Waals surface area contributed by atoms with E-state index in [9.17, 15) is 5.11 Å². The third kappa shape index (κ3) is 2.41. The summed E-state index contributed by atoms with van der Waals surface area (Å²) < 4.78 is 0. The largest absolute Gasteiger partial charge is 0.375 e. The highest BCUT2D eigenvalue weighted by molar-refractivity contribution is 7.19. The molecule has 1 unspecified atom stereocenters. The first-order valence-corrected chi connectivity index (χ1v) is 8.47. The van der Waals surface area contributed by atoms with Gasteiger partial charge in [-0.05, 0) is 18.4 Å². The lowest BCUT2D eigenvalue weighted by Crippen LogP contribution is -2.40. The van der Waals surface area contributed by atoms with Crippen molar-refractivity contribution in [2.75, 3.05) is 5.32 Å². The Hall–Kier alpha value is -1.24. The van der Waals surface area contributed by atoms with Gasteiger partial charge in [0, 0.05) is 23.8 Å². The van der Waals surface area contributed by atoms with Crippen molar-refractivity contribution < 1.29 is 5.11 Å². The van der Waals surface area contributed by atoms with Crippen molar-refractivity contribution in [3.8, 4) is 0 Å². The topological polar surface area (TPSA) is 84.1 Å². The zero-order valence-corrected chi connectivity index (χ0v) is 12.7. The van der Waals surface area contributed by atoms with Crippen LogP contribution in [0.5, 0.6) is 0 Å². The molecule has 1 fully saturated rings. The van der Waals surface area contributed by atoms with Crippen LogP contribution in [0, 0.1) is 0 Å². The van der Waals surface area contributed by atoms with E-state index >= 15 is 0 Å². The highest BCUT2D eigenvalue weighted by atomic mass is 32.1. The number of aliphatic hydroxyl groups is 1. The van der Waals surface area contributed by atoms with Gasteiger partial charge in [0.2, 0.25) is 0 Å². The molecule has 4 rings (SSSR count). The third-order valence-electron chi connectivity index (χ3n) is 4.57. The van der Waals surface area contributed by atoms with Crippen LogP contribution in [0.2, 0.25) is 0 Å². The molecular formula is C15H20N4OS. The molecule has 0 saturated heterocycles. The summed E-state index contributed by atoms with van der Waals surface area (Å²) in [6.45, 7) is 0. The average Bonchev–Trinajstić information content (AvgIpc) is 2.92. The van der Waals surface area contributed by atoms with Crippen LogP contribution in [0.15, 0.2) is 6.33 Å². The number of thiophene rings is 1. The number of rotatable bonds is 2. The molecule has 21 heavy (non-hydrogen) atoms. The summed E-state index contributed by atoms with van der Waals surface area (Å²) in [5, 5.41) is 14.8. The van der Waals surface area contributed by atoms with Gasteiger partial charge < -0.3 is 16.2 Å². The van der Waals surface area contributed by atoms with Crippen LogP contribution >= 0.6 is 11.3 Å². The Bertz CT molecular complexity index is 676. The first kappa shape index (κ1) is 13.4. The van der Waals surface area contributed by atoms with Crippen molar-refractivity contribution in [1.82, 2.24) is 9.97 Å². The summed E-state index contributed by atoms with van der Waals surface area (Å²) >= 11 is 1.63. The zero-order valence-electron chi connectivity index (χ0n) is 11.9. The molecule has 5 nitrogen and oxygen atoms in total. The SMILES string of the molecule is NC1(O)Cc2sc3ncnc(NC4CCCCC4)c3c2C1. The summed E-state index contributed by atoms with van der Waals surface area (Å²) in [6.07, 6.45) is 8.98. The van der Waals surface area contributed by atoms with Crippen LogP contribution in [-0.2, 0) is 12.8 Å². The van der Waals surface area contributed by atoms with Crippen molar-refractivity contribution in [3.05, 3.63) is 16.8 Å². The normalized spacial score (nSPS) is 26.2. The van der Waals surface area contributed by atoms with Crippen molar-refractivity contribution in [3.63, 3.8) is 0 Å². The molecule has 2 aliphatic carbocycles. The first-order chi connectivity index (χ1) is 10.1. The van der Waals surface area contributed by atoms with Crippen LogP contribution in [0.25, 0.3) is 10.2 Å². The van der Waals surface area contributed by atoms with Gasteiger partial charge in [-0.25, -0.2) is 9.97 Å². The summed E-state index contributed by atoms with van der Waals surface area (Å²) in [7, 11) is 0.